The number of para-hydroxylation sites is 1. The normalized spacial score (nSPS) is 35.1. The molecule has 15 heavy (non-hydrogen) atoms. The van der Waals surface area contributed by atoms with Crippen LogP contribution < -0.4 is 4.90 Å². The molecule has 80 valence electrons. The smallest absolute Gasteiger partial charge is 0.131 e. The van der Waals surface area contributed by atoms with Crippen LogP contribution in [0.4, 0.5) is 5.69 Å². The summed E-state index contributed by atoms with van der Waals surface area (Å²) in [6.07, 6.45) is 4.88. The lowest BCUT2D eigenvalue weighted by molar-refractivity contribution is -0.836. The van der Waals surface area contributed by atoms with Gasteiger partial charge in [0.05, 0.1) is 25.3 Å². The van der Waals surface area contributed by atoms with Crippen molar-refractivity contribution in [2.24, 2.45) is 0 Å². The number of ether oxygens (including phenoxy) is 1. The van der Waals surface area contributed by atoms with Gasteiger partial charge >= 0.3 is 0 Å². The van der Waals surface area contributed by atoms with Crippen molar-refractivity contribution >= 4 is 5.69 Å². The molecular weight excluding hydrogens is 186 g/mol. The summed E-state index contributed by atoms with van der Waals surface area (Å²) in [5, 5.41) is 0. The fourth-order valence-corrected chi connectivity index (χ4v) is 2.68. The molecule has 2 atom stereocenters. The lowest BCUT2D eigenvalue weighted by Crippen LogP contribution is -3.08. The van der Waals surface area contributed by atoms with Crippen molar-refractivity contribution in [3.05, 3.63) is 30.3 Å². The van der Waals surface area contributed by atoms with Crippen LogP contribution in [0.3, 0.4) is 0 Å². The Kier molecular flexibility index (Phi) is 2.47. The summed E-state index contributed by atoms with van der Waals surface area (Å²) in [6, 6.07) is 10.8. The molecule has 4 rings (SSSR count). The molecule has 3 heterocycles. The van der Waals surface area contributed by atoms with E-state index in [0.29, 0.717) is 12.2 Å². The standard InChI is InChI=1S/C13H17NO/c1-2-4-11(5-3-1)14-8-6-12-10-13(15-12)7-9-14/h1-5,12-13H,6-10H2/p+1. The summed E-state index contributed by atoms with van der Waals surface area (Å²) in [5.41, 5.74) is 1.44. The Morgan fingerprint density at radius 2 is 1.60 bits per heavy atom. The Bertz CT molecular complexity index is 307. The molecule has 1 aromatic rings. The number of rotatable bonds is 1. The van der Waals surface area contributed by atoms with Crippen molar-refractivity contribution in [1.29, 1.82) is 0 Å². The van der Waals surface area contributed by atoms with Gasteiger partial charge in [-0.05, 0) is 12.1 Å². The molecule has 3 aliphatic rings. The molecule has 0 spiro atoms. The highest BCUT2D eigenvalue weighted by molar-refractivity contribution is 5.27. The molecule has 0 saturated carbocycles. The van der Waals surface area contributed by atoms with Crippen LogP contribution in [0.5, 0.6) is 0 Å². The molecule has 2 nitrogen and oxygen atoms in total. The molecule has 3 fully saturated rings. The quantitative estimate of drug-likeness (QED) is 0.724. The van der Waals surface area contributed by atoms with Crippen molar-refractivity contribution in [3.63, 3.8) is 0 Å². The van der Waals surface area contributed by atoms with Gasteiger partial charge in [0.1, 0.15) is 5.69 Å². The van der Waals surface area contributed by atoms with E-state index < -0.39 is 0 Å². The predicted octanol–water partition coefficient (Wildman–Crippen LogP) is 1.15. The first kappa shape index (κ1) is 9.37. The van der Waals surface area contributed by atoms with Crippen LogP contribution in [0.1, 0.15) is 19.3 Å². The second-order valence-electron chi connectivity index (χ2n) is 4.66. The lowest BCUT2D eigenvalue weighted by atomic mass is 9.96. The van der Waals surface area contributed by atoms with Gasteiger partial charge in [0.2, 0.25) is 0 Å². The largest absolute Gasteiger partial charge is 0.374 e. The molecular formula is C13H18NO+. The fraction of sp³-hybridized carbons (Fsp3) is 0.538. The number of nitrogens with one attached hydrogen (secondary N) is 1. The van der Waals surface area contributed by atoms with Gasteiger partial charge in [0.25, 0.3) is 0 Å². The Labute approximate surface area is 90.8 Å². The summed E-state index contributed by atoms with van der Waals surface area (Å²) in [6.45, 7) is 2.45. The Hall–Kier alpha value is -0.860. The minimum atomic E-state index is 0.564. The van der Waals surface area contributed by atoms with Crippen LogP contribution >= 0.6 is 0 Å². The molecule has 1 aromatic carbocycles. The lowest BCUT2D eigenvalue weighted by Gasteiger charge is -2.39. The van der Waals surface area contributed by atoms with Gasteiger partial charge in [-0.3, -0.25) is 0 Å². The molecule has 0 aromatic heterocycles. The fourth-order valence-electron chi connectivity index (χ4n) is 2.68. The summed E-state index contributed by atoms with van der Waals surface area (Å²) >= 11 is 0. The first-order chi connectivity index (χ1) is 7.42. The highest BCUT2D eigenvalue weighted by Gasteiger charge is 2.34. The van der Waals surface area contributed by atoms with Crippen LogP contribution in [-0.2, 0) is 4.74 Å². The van der Waals surface area contributed by atoms with Gasteiger partial charge in [-0.25, -0.2) is 0 Å². The van der Waals surface area contributed by atoms with E-state index in [0.717, 1.165) is 0 Å². The Morgan fingerprint density at radius 3 is 2.20 bits per heavy atom. The van der Waals surface area contributed by atoms with Crippen molar-refractivity contribution in [2.45, 2.75) is 31.5 Å². The number of fused-ring (bicyclic) bond motifs is 4. The second-order valence-corrected chi connectivity index (χ2v) is 4.66. The highest BCUT2D eigenvalue weighted by atomic mass is 16.5. The highest BCUT2D eigenvalue weighted by Crippen LogP contribution is 2.26. The predicted molar refractivity (Wildman–Crippen MR) is 59.3 cm³/mol. The zero-order valence-corrected chi connectivity index (χ0v) is 8.99. The molecule has 0 radical (unpaired) electrons. The summed E-state index contributed by atoms with van der Waals surface area (Å²) in [7, 11) is 0. The molecule has 2 bridgehead atoms. The monoisotopic (exact) mass is 204 g/mol. The third-order valence-corrected chi connectivity index (χ3v) is 3.63. The van der Waals surface area contributed by atoms with Crippen LogP contribution in [0.25, 0.3) is 0 Å². The maximum absolute atomic E-state index is 5.75. The Balaban J connectivity index is 1.71. The molecule has 0 amide bonds. The molecule has 0 aliphatic carbocycles. The van der Waals surface area contributed by atoms with Gasteiger partial charge in [0.15, 0.2) is 0 Å². The zero-order valence-electron chi connectivity index (χ0n) is 8.99. The van der Waals surface area contributed by atoms with E-state index in [-0.39, 0.29) is 0 Å². The first-order valence-corrected chi connectivity index (χ1v) is 5.97. The maximum atomic E-state index is 5.75. The number of quaternary nitrogens is 1. The van der Waals surface area contributed by atoms with E-state index in [1.54, 1.807) is 4.90 Å². The molecule has 3 aliphatic heterocycles. The van der Waals surface area contributed by atoms with Gasteiger partial charge in [-0.1, -0.05) is 18.2 Å². The minimum Gasteiger partial charge on any atom is -0.374 e. The first-order valence-electron chi connectivity index (χ1n) is 5.97. The van der Waals surface area contributed by atoms with Crippen molar-refractivity contribution in [2.75, 3.05) is 13.1 Å². The van der Waals surface area contributed by atoms with Crippen LogP contribution in [-0.4, -0.2) is 25.3 Å². The summed E-state index contributed by atoms with van der Waals surface area (Å²) in [4.78, 5) is 1.63. The average Bonchev–Trinajstić information content (AvgIpc) is 2.15. The minimum absolute atomic E-state index is 0.564. The van der Waals surface area contributed by atoms with E-state index in [1.807, 2.05) is 0 Å². The van der Waals surface area contributed by atoms with Crippen LogP contribution in [0, 0.1) is 0 Å². The third kappa shape index (κ3) is 1.92. The summed E-state index contributed by atoms with van der Waals surface area (Å²) < 4.78 is 5.75. The zero-order chi connectivity index (χ0) is 10.1. The van der Waals surface area contributed by atoms with E-state index in [4.69, 9.17) is 4.74 Å². The van der Waals surface area contributed by atoms with Crippen LogP contribution in [0.15, 0.2) is 30.3 Å². The number of benzene rings is 1. The third-order valence-electron chi connectivity index (χ3n) is 3.63. The molecule has 2 heteroatoms. The number of hydrogen-bond acceptors (Lipinski definition) is 1. The second kappa shape index (κ2) is 3.95. The number of hydrogen-bond donors (Lipinski definition) is 1. The van der Waals surface area contributed by atoms with E-state index >= 15 is 0 Å². The average molecular weight is 204 g/mol. The van der Waals surface area contributed by atoms with E-state index in [9.17, 15) is 0 Å². The SMILES string of the molecule is c1ccc([NH+]2CCC3CC(CC2)O3)cc1. The Morgan fingerprint density at radius 1 is 1.00 bits per heavy atom. The van der Waals surface area contributed by atoms with E-state index in [2.05, 4.69) is 30.3 Å². The van der Waals surface area contributed by atoms with Crippen molar-refractivity contribution in [3.8, 4) is 0 Å². The summed E-state index contributed by atoms with van der Waals surface area (Å²) in [5.74, 6) is 0. The topological polar surface area (TPSA) is 13.7 Å². The maximum Gasteiger partial charge on any atom is 0.131 e. The van der Waals surface area contributed by atoms with Gasteiger partial charge in [-0.15, -0.1) is 0 Å². The molecule has 1 N–H and O–H groups in total. The molecule has 2 unspecified atom stereocenters. The van der Waals surface area contributed by atoms with Crippen molar-refractivity contribution in [1.82, 2.24) is 0 Å². The van der Waals surface area contributed by atoms with Gasteiger partial charge < -0.3 is 9.64 Å². The van der Waals surface area contributed by atoms with Crippen molar-refractivity contribution < 1.29 is 9.64 Å². The van der Waals surface area contributed by atoms with Gasteiger partial charge in [0, 0.05) is 19.3 Å². The molecule has 3 saturated heterocycles. The van der Waals surface area contributed by atoms with E-state index in [1.165, 1.54) is 38.0 Å². The van der Waals surface area contributed by atoms with Gasteiger partial charge in [-0.2, -0.15) is 0 Å². The van der Waals surface area contributed by atoms with Crippen LogP contribution in [0.2, 0.25) is 0 Å².